The molecule has 2 aromatic rings. The Bertz CT molecular complexity index is 781. The Kier molecular flexibility index (Phi) is 4.57. The first-order valence-electron chi connectivity index (χ1n) is 7.42. The number of rotatable bonds is 4. The SMILES string of the molecule is CC1Oc2ccccc2N(CC(=O)NNc2cccc(Cl)c2)C1=O. The molecule has 124 valence electrons. The number of benzene rings is 2. The van der Waals surface area contributed by atoms with Gasteiger partial charge in [-0.1, -0.05) is 29.8 Å². The van der Waals surface area contributed by atoms with E-state index in [4.69, 9.17) is 16.3 Å². The maximum atomic E-state index is 12.3. The molecular formula is C17H16ClN3O3. The van der Waals surface area contributed by atoms with Gasteiger partial charge in [0, 0.05) is 5.02 Å². The van der Waals surface area contributed by atoms with Crippen molar-refractivity contribution in [1.29, 1.82) is 0 Å². The minimum atomic E-state index is -0.631. The number of hydrogen-bond donors (Lipinski definition) is 2. The van der Waals surface area contributed by atoms with Gasteiger partial charge in [-0.2, -0.15) is 0 Å². The van der Waals surface area contributed by atoms with Crippen molar-refractivity contribution in [3.63, 3.8) is 0 Å². The third-order valence-corrected chi connectivity index (χ3v) is 3.78. The highest BCUT2D eigenvalue weighted by molar-refractivity contribution is 6.30. The van der Waals surface area contributed by atoms with Crippen LogP contribution in [0.25, 0.3) is 0 Å². The quantitative estimate of drug-likeness (QED) is 0.836. The number of ether oxygens (including phenoxy) is 1. The lowest BCUT2D eigenvalue weighted by Gasteiger charge is -2.32. The molecule has 1 aliphatic rings. The third-order valence-electron chi connectivity index (χ3n) is 3.55. The molecule has 1 aliphatic heterocycles. The number of anilines is 2. The largest absolute Gasteiger partial charge is 0.479 e. The van der Waals surface area contributed by atoms with Gasteiger partial charge >= 0.3 is 0 Å². The second kappa shape index (κ2) is 6.80. The Morgan fingerprint density at radius 1 is 1.25 bits per heavy atom. The molecule has 2 amide bonds. The van der Waals surface area contributed by atoms with Gasteiger partial charge in [0.1, 0.15) is 12.3 Å². The van der Waals surface area contributed by atoms with E-state index in [0.29, 0.717) is 22.1 Å². The predicted molar refractivity (Wildman–Crippen MR) is 92.1 cm³/mol. The fourth-order valence-corrected chi connectivity index (χ4v) is 2.60. The summed E-state index contributed by atoms with van der Waals surface area (Å²) in [5.41, 5.74) is 6.56. The molecule has 1 heterocycles. The number of carbonyl (C=O) groups is 2. The first-order chi connectivity index (χ1) is 11.5. The average molecular weight is 346 g/mol. The Morgan fingerprint density at radius 3 is 2.83 bits per heavy atom. The van der Waals surface area contributed by atoms with Crippen molar-refractivity contribution in [2.45, 2.75) is 13.0 Å². The number of nitrogens with one attached hydrogen (secondary N) is 2. The van der Waals surface area contributed by atoms with Crippen LogP contribution in [0, 0.1) is 0 Å². The van der Waals surface area contributed by atoms with E-state index in [1.165, 1.54) is 4.90 Å². The zero-order valence-electron chi connectivity index (χ0n) is 13.0. The summed E-state index contributed by atoms with van der Waals surface area (Å²) in [6, 6.07) is 14.1. The van der Waals surface area contributed by atoms with Crippen LogP contribution < -0.4 is 20.5 Å². The van der Waals surface area contributed by atoms with Crippen LogP contribution in [-0.4, -0.2) is 24.5 Å². The monoisotopic (exact) mass is 345 g/mol. The van der Waals surface area contributed by atoms with Gasteiger partial charge in [-0.05, 0) is 37.3 Å². The summed E-state index contributed by atoms with van der Waals surface area (Å²) in [6.45, 7) is 1.55. The predicted octanol–water partition coefficient (Wildman–Crippen LogP) is 2.60. The van der Waals surface area contributed by atoms with Crippen LogP contribution in [0.3, 0.4) is 0 Å². The molecule has 0 bridgehead atoms. The second-order valence-electron chi connectivity index (χ2n) is 5.34. The summed E-state index contributed by atoms with van der Waals surface area (Å²) in [6.07, 6.45) is -0.631. The lowest BCUT2D eigenvalue weighted by Crippen LogP contribution is -2.49. The van der Waals surface area contributed by atoms with Crippen molar-refractivity contribution in [2.24, 2.45) is 0 Å². The molecule has 7 heteroatoms. The van der Waals surface area contributed by atoms with Gasteiger partial charge in [0.2, 0.25) is 0 Å². The van der Waals surface area contributed by atoms with Crippen LogP contribution in [0.4, 0.5) is 11.4 Å². The third kappa shape index (κ3) is 3.44. The normalized spacial score (nSPS) is 16.2. The first kappa shape index (κ1) is 16.1. The number of hydrazine groups is 1. The minimum Gasteiger partial charge on any atom is -0.479 e. The van der Waals surface area contributed by atoms with Gasteiger partial charge in [0.25, 0.3) is 11.8 Å². The number of fused-ring (bicyclic) bond motifs is 1. The van der Waals surface area contributed by atoms with Gasteiger partial charge < -0.3 is 4.74 Å². The zero-order chi connectivity index (χ0) is 17.1. The molecule has 0 fully saturated rings. The zero-order valence-corrected chi connectivity index (χ0v) is 13.7. The molecule has 0 aromatic heterocycles. The van der Waals surface area contributed by atoms with Crippen molar-refractivity contribution in [1.82, 2.24) is 5.43 Å². The Labute approximate surface area is 144 Å². The molecule has 3 rings (SSSR count). The summed E-state index contributed by atoms with van der Waals surface area (Å²) < 4.78 is 5.55. The molecule has 2 N–H and O–H groups in total. The van der Waals surface area contributed by atoms with Crippen LogP contribution in [0.1, 0.15) is 6.92 Å². The number of para-hydroxylation sites is 2. The number of halogens is 1. The number of hydrogen-bond acceptors (Lipinski definition) is 4. The van der Waals surface area contributed by atoms with Crippen molar-refractivity contribution in [3.8, 4) is 5.75 Å². The standard InChI is InChI=1S/C17H16ClN3O3/c1-11-17(23)21(14-7-2-3-8-15(14)24-11)10-16(22)20-19-13-6-4-5-12(18)9-13/h2-9,11,19H,10H2,1H3,(H,20,22). The Hall–Kier alpha value is -2.73. The molecule has 2 aromatic carbocycles. The summed E-state index contributed by atoms with van der Waals surface area (Å²) >= 11 is 5.89. The second-order valence-corrected chi connectivity index (χ2v) is 5.77. The topological polar surface area (TPSA) is 70.7 Å². The molecule has 6 nitrogen and oxygen atoms in total. The molecule has 0 aliphatic carbocycles. The van der Waals surface area contributed by atoms with E-state index in [1.54, 1.807) is 49.4 Å². The van der Waals surface area contributed by atoms with Crippen LogP contribution in [0.15, 0.2) is 48.5 Å². The van der Waals surface area contributed by atoms with Gasteiger partial charge in [-0.3, -0.25) is 25.3 Å². The maximum absolute atomic E-state index is 12.3. The smallest absolute Gasteiger partial charge is 0.268 e. The lowest BCUT2D eigenvalue weighted by atomic mass is 10.2. The van der Waals surface area contributed by atoms with Gasteiger partial charge in [-0.25, -0.2) is 0 Å². The van der Waals surface area contributed by atoms with E-state index in [2.05, 4.69) is 10.9 Å². The molecule has 0 spiro atoms. The maximum Gasteiger partial charge on any atom is 0.268 e. The number of nitrogens with zero attached hydrogens (tertiary/aromatic N) is 1. The van der Waals surface area contributed by atoms with Gasteiger partial charge in [-0.15, -0.1) is 0 Å². The van der Waals surface area contributed by atoms with E-state index in [-0.39, 0.29) is 18.4 Å². The average Bonchev–Trinajstić information content (AvgIpc) is 2.57. The van der Waals surface area contributed by atoms with E-state index >= 15 is 0 Å². The first-order valence-corrected chi connectivity index (χ1v) is 7.80. The van der Waals surface area contributed by atoms with E-state index in [9.17, 15) is 9.59 Å². The van der Waals surface area contributed by atoms with Crippen LogP contribution in [0.5, 0.6) is 5.75 Å². The van der Waals surface area contributed by atoms with E-state index in [0.717, 1.165) is 0 Å². The lowest BCUT2D eigenvalue weighted by molar-refractivity contribution is -0.128. The van der Waals surface area contributed by atoms with Crippen molar-refractivity contribution >= 4 is 34.8 Å². The molecule has 1 unspecified atom stereocenters. The summed E-state index contributed by atoms with van der Waals surface area (Å²) in [5.74, 6) is -0.0287. The highest BCUT2D eigenvalue weighted by atomic mass is 35.5. The summed E-state index contributed by atoms with van der Waals surface area (Å²) in [5, 5.41) is 0.556. The van der Waals surface area contributed by atoms with Crippen molar-refractivity contribution in [2.75, 3.05) is 16.9 Å². The fraction of sp³-hybridized carbons (Fsp3) is 0.176. The minimum absolute atomic E-state index is 0.114. The summed E-state index contributed by atoms with van der Waals surface area (Å²) in [4.78, 5) is 25.9. The summed E-state index contributed by atoms with van der Waals surface area (Å²) in [7, 11) is 0. The molecule has 1 atom stereocenters. The molecule has 0 saturated carbocycles. The van der Waals surface area contributed by atoms with Crippen LogP contribution >= 0.6 is 11.6 Å². The molecule has 24 heavy (non-hydrogen) atoms. The molecular weight excluding hydrogens is 330 g/mol. The fourth-order valence-electron chi connectivity index (χ4n) is 2.41. The number of carbonyl (C=O) groups excluding carboxylic acids is 2. The van der Waals surface area contributed by atoms with Gasteiger partial charge in [0.15, 0.2) is 6.10 Å². The van der Waals surface area contributed by atoms with E-state index < -0.39 is 6.10 Å². The Balaban J connectivity index is 1.68. The molecule has 0 radical (unpaired) electrons. The van der Waals surface area contributed by atoms with Crippen molar-refractivity contribution < 1.29 is 14.3 Å². The molecule has 0 saturated heterocycles. The Morgan fingerprint density at radius 2 is 2.04 bits per heavy atom. The number of amides is 2. The van der Waals surface area contributed by atoms with E-state index in [1.807, 2.05) is 6.07 Å². The van der Waals surface area contributed by atoms with Crippen molar-refractivity contribution in [3.05, 3.63) is 53.6 Å². The highest BCUT2D eigenvalue weighted by Gasteiger charge is 2.32. The van der Waals surface area contributed by atoms with Crippen LogP contribution in [-0.2, 0) is 9.59 Å². The highest BCUT2D eigenvalue weighted by Crippen LogP contribution is 2.33. The van der Waals surface area contributed by atoms with Gasteiger partial charge in [0.05, 0.1) is 11.4 Å². The van der Waals surface area contributed by atoms with Crippen LogP contribution in [0.2, 0.25) is 5.02 Å².